The number of nitrogens with one attached hydrogen (secondary N) is 3. The first-order valence-corrected chi connectivity index (χ1v) is 45.8. The Balaban J connectivity index is 3.77. The van der Waals surface area contributed by atoms with Crippen LogP contribution in [0.1, 0.15) is 89.9 Å². The highest BCUT2D eigenvalue weighted by Gasteiger charge is 2.45. The molecule has 0 fully saturated rings. The van der Waals surface area contributed by atoms with Gasteiger partial charge in [-0.1, -0.05) is 137 Å². The minimum Gasteiger partial charge on any atom is -0.462 e. The third-order valence-electron chi connectivity index (χ3n) is 20.8. The maximum Gasteiger partial charge on any atom is 0.407 e. The van der Waals surface area contributed by atoms with Crippen LogP contribution in [0.4, 0.5) is 14.4 Å². The first-order valence-electron chi connectivity index (χ1n) is 45.8. The maximum absolute atomic E-state index is 14.4. The molecule has 0 aromatic carbocycles. The van der Waals surface area contributed by atoms with Crippen LogP contribution in [0, 0.1) is 32.5 Å². The second-order valence-electron chi connectivity index (χ2n) is 33.1. The van der Waals surface area contributed by atoms with Gasteiger partial charge in [-0.15, -0.1) is 0 Å². The van der Waals surface area contributed by atoms with E-state index in [-0.39, 0.29) is 90.6 Å². The smallest absolute Gasteiger partial charge is 0.407 e. The Morgan fingerprint density at radius 3 is 0.517 bits per heavy atom. The highest BCUT2D eigenvalue weighted by molar-refractivity contribution is 5.89. The van der Waals surface area contributed by atoms with E-state index in [0.717, 1.165) is 105 Å². The Hall–Kier alpha value is -15.6. The molecule has 0 aliphatic rings. The molecule has 810 valence electrons. The van der Waals surface area contributed by atoms with E-state index in [1.165, 1.54) is 0 Å². The highest BCUT2D eigenvalue weighted by atomic mass is 16.6. The van der Waals surface area contributed by atoms with Gasteiger partial charge >= 0.3 is 119 Å². The monoisotopic (exact) mass is 2070 g/mol. The molecule has 1 atom stereocenters. The van der Waals surface area contributed by atoms with Gasteiger partial charge in [-0.2, -0.15) is 0 Å². The average Bonchev–Trinajstić information content (AvgIpc) is 0.781. The van der Waals surface area contributed by atoms with Crippen molar-refractivity contribution in [2.75, 3.05) is 172 Å². The molecule has 147 heavy (non-hydrogen) atoms. The van der Waals surface area contributed by atoms with Gasteiger partial charge in [0.05, 0.1) is 72.1 Å². The zero-order valence-electron chi connectivity index (χ0n) is 82.8. The fourth-order valence-electron chi connectivity index (χ4n) is 12.4. The number of unbranched alkanes of at least 4 members (excludes halogenated alkanes) is 9. The largest absolute Gasteiger partial charge is 0.462 e. The summed E-state index contributed by atoms with van der Waals surface area (Å²) in [6.07, 6.45) is 12.6. The summed E-state index contributed by atoms with van der Waals surface area (Å²) in [6, 6.07) is 0. The Morgan fingerprint density at radius 2 is 0.347 bits per heavy atom. The lowest BCUT2D eigenvalue weighted by Gasteiger charge is -2.35. The molecule has 0 saturated heterocycles. The summed E-state index contributed by atoms with van der Waals surface area (Å²) in [5.41, 5.74) is -12.9. The van der Waals surface area contributed by atoms with Crippen LogP contribution >= 0.6 is 0 Å². The van der Waals surface area contributed by atoms with E-state index in [0.29, 0.717) is 38.5 Å². The van der Waals surface area contributed by atoms with Gasteiger partial charge in [-0.25, -0.2) is 110 Å². The van der Waals surface area contributed by atoms with Crippen molar-refractivity contribution < 1.29 is 181 Å². The first-order chi connectivity index (χ1) is 70.1. The van der Waals surface area contributed by atoms with Crippen LogP contribution in [-0.4, -0.2) is 293 Å². The molecule has 1 aromatic rings. The maximum atomic E-state index is 14.4. The van der Waals surface area contributed by atoms with Crippen molar-refractivity contribution in [3.63, 3.8) is 0 Å². The number of amides is 3. The van der Waals surface area contributed by atoms with E-state index < -0.39 is 309 Å². The SMILES string of the molecule is C=CC(=O)CCC(COCC(COC(=O)C=C)(COC(=O)C=C)COC(=O)C=C)(COC(=O)C=C)COC(=O)NCCCCCCn1c(=O)n(CCCCCCNC(=O)OCC(COCC(COC(=O)C=C)(COC(=O)C=C)COC(=O)C=C)(COC(=O)C=C)COC(=O)C=C)c(=O)n(CCCCCCNC(=O)OCC(COCC(COC(=O)C=C)(COC(=O)C=C)COC(=O)C=C)(COC(=O)C=C)COC(=O)C=C)c1=O. The minimum atomic E-state index is -1.76. The van der Waals surface area contributed by atoms with E-state index in [1.807, 2.05) is 0 Å². The highest BCUT2D eigenvalue weighted by Crippen LogP contribution is 2.32. The van der Waals surface area contributed by atoms with Gasteiger partial charge < -0.3 is 111 Å². The molecule has 0 spiro atoms. The third-order valence-corrected chi connectivity index (χ3v) is 20.8. The summed E-state index contributed by atoms with van der Waals surface area (Å²) in [4.78, 5) is 270. The zero-order valence-corrected chi connectivity index (χ0v) is 82.8. The Morgan fingerprint density at radius 1 is 0.197 bits per heavy atom. The second kappa shape index (κ2) is 72.7. The standard InChI is InChI=1S/C100H134N6O41/c1-16-74(107)43-44-95(57-131-75(108)17-2,51-128-52-96(59-132-76(109)18-3,60-133-77(110)19-4)61-134-78(111)20-5)58-145-89(122)101-45-37-31-34-40-48-104-92(125)105(49-41-35-32-38-46-102-90(123)146-72-99(68-141-85(118)27-12,69-142-86(119)28-13)55-129-53-97(62-135-79(112)21-6,63-136-80(113)22-7)64-137-81(114)23-8)94(127)106(93(104)126)50-42-36-33-39-47-103-91(124)147-73-100(70-143-87(120)29-14,71-144-88(121)30-15)56-130-54-98(65-138-82(115)24-9,66-139-83(116)25-10)67-140-84(117)26-11/h16-30H,1-15,31-73H2,(H,101,122)(H,102,123)(H,103,124). The van der Waals surface area contributed by atoms with Crippen LogP contribution in [0.2, 0.25) is 0 Å². The van der Waals surface area contributed by atoms with Crippen molar-refractivity contribution in [1.82, 2.24) is 29.7 Å². The van der Waals surface area contributed by atoms with E-state index in [1.54, 1.807) is 0 Å². The van der Waals surface area contributed by atoms with Gasteiger partial charge in [-0.05, 0) is 51.0 Å². The number of ketones is 1. The number of esters is 14. The molecule has 1 aromatic heterocycles. The normalized spacial score (nSPS) is 11.4. The number of hydrogen-bond donors (Lipinski definition) is 3. The van der Waals surface area contributed by atoms with Gasteiger partial charge in [0.25, 0.3) is 0 Å². The predicted octanol–water partition coefficient (Wildman–Crippen LogP) is 5.74. The molecule has 0 aliphatic heterocycles. The van der Waals surface area contributed by atoms with E-state index in [4.69, 9.17) is 94.7 Å². The molecule has 47 heteroatoms. The van der Waals surface area contributed by atoms with Crippen LogP contribution in [0.5, 0.6) is 0 Å². The number of nitrogens with zero attached hydrogens (tertiary/aromatic N) is 3. The minimum absolute atomic E-state index is 0.0126. The Labute approximate surface area is 849 Å². The zero-order chi connectivity index (χ0) is 110. The molecule has 0 aliphatic carbocycles. The van der Waals surface area contributed by atoms with Gasteiger partial charge in [-0.3, -0.25) is 4.79 Å². The average molecular weight is 2080 g/mol. The lowest BCUT2D eigenvalue weighted by atomic mass is 9.84. The van der Waals surface area contributed by atoms with Crippen LogP contribution in [-0.2, 0) is 186 Å². The van der Waals surface area contributed by atoms with Gasteiger partial charge in [0, 0.05) is 131 Å². The van der Waals surface area contributed by atoms with E-state index in [2.05, 4.69) is 115 Å². The topological polar surface area (TPSA) is 594 Å². The molecular weight excluding hydrogens is 1940 g/mol. The lowest BCUT2D eigenvalue weighted by molar-refractivity contribution is -0.170. The fraction of sp³-hybridized carbons (Fsp3) is 0.490. The molecule has 0 radical (unpaired) electrons. The number of allylic oxidation sites excluding steroid dienone is 1. The van der Waals surface area contributed by atoms with Crippen molar-refractivity contribution >= 4 is 108 Å². The number of carbonyl (C=O) groups is 18. The summed E-state index contributed by atoms with van der Waals surface area (Å²) in [5.74, 6) is -13.6. The third kappa shape index (κ3) is 53.6. The second-order valence-corrected chi connectivity index (χ2v) is 33.1. The summed E-state index contributed by atoms with van der Waals surface area (Å²) in [7, 11) is 0. The molecule has 1 heterocycles. The van der Waals surface area contributed by atoms with E-state index >= 15 is 0 Å². The number of hydrogen-bond acceptors (Lipinski definition) is 41. The molecular formula is C100H134N6O41. The first kappa shape index (κ1) is 129. The molecule has 47 nitrogen and oxygen atoms in total. The summed E-state index contributed by atoms with van der Waals surface area (Å²) >= 11 is 0. The Bertz CT molecular complexity index is 4190. The fourth-order valence-corrected chi connectivity index (χ4v) is 12.4. The molecule has 3 amide bonds. The van der Waals surface area contributed by atoms with Crippen LogP contribution in [0.25, 0.3) is 0 Å². The number of ether oxygens (including phenoxy) is 20. The number of alkyl carbamates (subject to hydrolysis) is 3. The van der Waals surface area contributed by atoms with Gasteiger partial charge in [0.1, 0.15) is 112 Å². The van der Waals surface area contributed by atoms with Crippen molar-refractivity contribution in [3.05, 3.63) is 221 Å². The number of rotatable bonds is 85. The van der Waals surface area contributed by atoms with Crippen molar-refractivity contribution in [2.24, 2.45) is 32.5 Å². The predicted molar refractivity (Wildman–Crippen MR) is 520 cm³/mol. The van der Waals surface area contributed by atoms with E-state index in [9.17, 15) is 101 Å². The van der Waals surface area contributed by atoms with Crippen LogP contribution in [0.3, 0.4) is 0 Å². The van der Waals surface area contributed by atoms with Crippen molar-refractivity contribution in [2.45, 2.75) is 110 Å². The summed E-state index contributed by atoms with van der Waals surface area (Å²) in [5, 5.41) is 7.77. The lowest BCUT2D eigenvalue weighted by Crippen LogP contribution is -2.54. The summed E-state index contributed by atoms with van der Waals surface area (Å²) < 4.78 is 112. The number of aromatic nitrogens is 3. The van der Waals surface area contributed by atoms with Crippen LogP contribution < -0.4 is 33.0 Å². The quantitative estimate of drug-likeness (QED) is 0.0303. The number of carbonyl (C=O) groups excluding carboxylic acids is 18. The molecule has 1 rings (SSSR count). The van der Waals surface area contributed by atoms with Crippen molar-refractivity contribution in [3.8, 4) is 0 Å². The molecule has 0 bridgehead atoms. The van der Waals surface area contributed by atoms with Crippen LogP contribution in [0.15, 0.2) is 204 Å². The molecule has 1 unspecified atom stereocenters. The Kier molecular flexibility index (Phi) is 64.0. The summed E-state index contributed by atoms with van der Waals surface area (Å²) in [6.45, 7) is 35.9. The molecule has 0 saturated carbocycles. The molecule has 3 N–H and O–H groups in total. The van der Waals surface area contributed by atoms with Gasteiger partial charge in [0.2, 0.25) is 0 Å². The van der Waals surface area contributed by atoms with Gasteiger partial charge in [0.15, 0.2) is 5.78 Å². The van der Waals surface area contributed by atoms with Crippen molar-refractivity contribution in [1.29, 1.82) is 0 Å².